The van der Waals surface area contributed by atoms with E-state index in [0.29, 0.717) is 0 Å². The molecule has 0 aliphatic carbocycles. The summed E-state index contributed by atoms with van der Waals surface area (Å²) >= 11 is 4.48. The number of halogens is 3. The molecule has 5 heteroatoms. The van der Waals surface area contributed by atoms with Crippen molar-refractivity contribution in [1.29, 1.82) is 0 Å². The second-order valence-corrected chi connectivity index (χ2v) is 5.80. The lowest BCUT2D eigenvalue weighted by atomic mass is 10.1. The number of hydrogen-bond acceptors (Lipinski definition) is 2. The van der Waals surface area contributed by atoms with E-state index < -0.39 is 0 Å². The highest BCUT2D eigenvalue weighted by Crippen LogP contribution is 2.27. The number of nitrogens with two attached hydrogens (primary N) is 2. The van der Waals surface area contributed by atoms with Gasteiger partial charge in [-0.05, 0) is 80.6 Å². The highest BCUT2D eigenvalue weighted by atomic mass is 127. The molecule has 0 spiro atoms. The Hall–Kier alpha value is -0.210. The van der Waals surface area contributed by atoms with Crippen molar-refractivity contribution >= 4 is 69.0 Å². The molecule has 0 heterocycles. The van der Waals surface area contributed by atoms with Crippen LogP contribution in [0.15, 0.2) is 36.4 Å². The van der Waals surface area contributed by atoms with Gasteiger partial charge in [-0.25, -0.2) is 0 Å². The van der Waals surface area contributed by atoms with Crippen LogP contribution in [-0.2, 0) is 0 Å². The molecule has 2 aromatic carbocycles. The summed E-state index contributed by atoms with van der Waals surface area (Å²) in [6, 6.07) is 12.1. The first-order valence-electron chi connectivity index (χ1n) is 4.68. The summed E-state index contributed by atoms with van der Waals surface area (Å²) in [5.41, 5.74) is 15.5. The van der Waals surface area contributed by atoms with Gasteiger partial charge in [-0.15, -0.1) is 12.4 Å². The number of anilines is 2. The largest absolute Gasteiger partial charge is 0.398 e. The van der Waals surface area contributed by atoms with Crippen molar-refractivity contribution in [3.8, 4) is 11.1 Å². The highest BCUT2D eigenvalue weighted by molar-refractivity contribution is 14.1. The van der Waals surface area contributed by atoms with Crippen LogP contribution >= 0.6 is 57.6 Å². The lowest BCUT2D eigenvalue weighted by Crippen LogP contribution is -1.91. The van der Waals surface area contributed by atoms with Gasteiger partial charge in [0, 0.05) is 18.5 Å². The van der Waals surface area contributed by atoms with Gasteiger partial charge in [0.15, 0.2) is 0 Å². The first-order chi connectivity index (χ1) is 7.58. The van der Waals surface area contributed by atoms with E-state index in [1.54, 1.807) is 0 Å². The van der Waals surface area contributed by atoms with Crippen molar-refractivity contribution in [1.82, 2.24) is 0 Å². The van der Waals surface area contributed by atoms with Crippen molar-refractivity contribution in [3.05, 3.63) is 43.5 Å². The molecule has 0 atom stereocenters. The van der Waals surface area contributed by atoms with Crippen molar-refractivity contribution in [2.75, 3.05) is 11.5 Å². The van der Waals surface area contributed by atoms with Crippen LogP contribution < -0.4 is 11.5 Å². The summed E-state index contributed by atoms with van der Waals surface area (Å²) in [4.78, 5) is 0. The third-order valence-electron chi connectivity index (χ3n) is 2.33. The number of hydrogen-bond donors (Lipinski definition) is 2. The fourth-order valence-corrected chi connectivity index (χ4v) is 2.44. The molecular formula is C12H11ClI2N2. The van der Waals surface area contributed by atoms with Gasteiger partial charge in [0.2, 0.25) is 0 Å². The third-order valence-corrected chi connectivity index (χ3v) is 4.20. The molecule has 0 saturated carbocycles. The molecule has 17 heavy (non-hydrogen) atoms. The van der Waals surface area contributed by atoms with Crippen LogP contribution in [-0.4, -0.2) is 0 Å². The standard InChI is InChI=1S/C12H10I2N2.ClH/c13-9-5-7(1-3-11(9)15)8-2-4-12(16)10(14)6-8;/h1-6H,15-16H2;1H. The van der Waals surface area contributed by atoms with Crippen LogP contribution in [0.2, 0.25) is 0 Å². The Labute approximate surface area is 134 Å². The summed E-state index contributed by atoms with van der Waals surface area (Å²) in [7, 11) is 0. The van der Waals surface area contributed by atoms with E-state index in [1.807, 2.05) is 24.3 Å². The van der Waals surface area contributed by atoms with Crippen LogP contribution in [0.5, 0.6) is 0 Å². The van der Waals surface area contributed by atoms with E-state index in [1.165, 1.54) is 0 Å². The van der Waals surface area contributed by atoms with Crippen molar-refractivity contribution in [2.45, 2.75) is 0 Å². The first-order valence-corrected chi connectivity index (χ1v) is 6.84. The molecule has 2 aromatic rings. The molecule has 0 saturated heterocycles. The maximum atomic E-state index is 5.79. The zero-order chi connectivity index (χ0) is 11.7. The zero-order valence-electron chi connectivity index (χ0n) is 8.78. The zero-order valence-corrected chi connectivity index (χ0v) is 13.9. The summed E-state index contributed by atoms with van der Waals surface area (Å²) in [5, 5.41) is 0. The Morgan fingerprint density at radius 2 is 1.06 bits per heavy atom. The quantitative estimate of drug-likeness (QED) is 0.484. The summed E-state index contributed by atoms with van der Waals surface area (Å²) in [5.74, 6) is 0. The van der Waals surface area contributed by atoms with Crippen LogP contribution in [0.3, 0.4) is 0 Å². The minimum absolute atomic E-state index is 0. The third kappa shape index (κ3) is 3.38. The van der Waals surface area contributed by atoms with Gasteiger partial charge < -0.3 is 11.5 Å². The molecule has 0 aliphatic rings. The fourth-order valence-electron chi connectivity index (χ4n) is 1.41. The van der Waals surface area contributed by atoms with E-state index in [9.17, 15) is 0 Å². The molecule has 0 bridgehead atoms. The second kappa shape index (κ2) is 6.10. The smallest absolute Gasteiger partial charge is 0.0450 e. The molecule has 0 amide bonds. The molecule has 2 rings (SSSR count). The maximum absolute atomic E-state index is 5.79. The maximum Gasteiger partial charge on any atom is 0.0450 e. The number of nitrogen functional groups attached to an aromatic ring is 2. The van der Waals surface area contributed by atoms with Gasteiger partial charge in [-0.2, -0.15) is 0 Å². The molecular weight excluding hydrogens is 461 g/mol. The fraction of sp³-hybridized carbons (Fsp3) is 0. The Bertz CT molecular complexity index is 495. The topological polar surface area (TPSA) is 52.0 Å². The minimum Gasteiger partial charge on any atom is -0.398 e. The van der Waals surface area contributed by atoms with Gasteiger partial charge in [-0.1, -0.05) is 12.1 Å². The lowest BCUT2D eigenvalue weighted by molar-refractivity contribution is 1.56. The van der Waals surface area contributed by atoms with E-state index >= 15 is 0 Å². The normalized spacial score (nSPS) is 9.76. The Morgan fingerprint density at radius 3 is 1.35 bits per heavy atom. The van der Waals surface area contributed by atoms with Gasteiger partial charge in [-0.3, -0.25) is 0 Å². The van der Waals surface area contributed by atoms with E-state index in [0.717, 1.165) is 29.6 Å². The lowest BCUT2D eigenvalue weighted by Gasteiger charge is -2.06. The van der Waals surface area contributed by atoms with Gasteiger partial charge in [0.25, 0.3) is 0 Å². The average molecular weight is 472 g/mol. The number of benzene rings is 2. The molecule has 0 fully saturated rings. The molecule has 0 aromatic heterocycles. The summed E-state index contributed by atoms with van der Waals surface area (Å²) in [6.07, 6.45) is 0. The highest BCUT2D eigenvalue weighted by Gasteiger charge is 2.03. The Kier molecular flexibility index (Phi) is 5.33. The molecule has 0 radical (unpaired) electrons. The van der Waals surface area contributed by atoms with Crippen LogP contribution in [0, 0.1) is 7.14 Å². The first kappa shape index (κ1) is 14.8. The molecule has 0 aliphatic heterocycles. The Morgan fingerprint density at radius 1 is 0.706 bits per heavy atom. The van der Waals surface area contributed by atoms with Crippen LogP contribution in [0.25, 0.3) is 11.1 Å². The van der Waals surface area contributed by atoms with E-state index in [4.69, 9.17) is 11.5 Å². The number of rotatable bonds is 1. The summed E-state index contributed by atoms with van der Waals surface area (Å²) < 4.78 is 2.14. The molecule has 2 nitrogen and oxygen atoms in total. The van der Waals surface area contributed by atoms with Crippen molar-refractivity contribution < 1.29 is 0 Å². The van der Waals surface area contributed by atoms with Gasteiger partial charge >= 0.3 is 0 Å². The Balaban J connectivity index is 0.00000144. The predicted molar refractivity (Wildman–Crippen MR) is 93.4 cm³/mol. The SMILES string of the molecule is Cl.Nc1ccc(-c2ccc(N)c(I)c2)cc1I. The molecule has 4 N–H and O–H groups in total. The van der Waals surface area contributed by atoms with E-state index in [2.05, 4.69) is 57.3 Å². The van der Waals surface area contributed by atoms with Crippen molar-refractivity contribution in [3.63, 3.8) is 0 Å². The van der Waals surface area contributed by atoms with Gasteiger partial charge in [0.1, 0.15) is 0 Å². The summed E-state index contributed by atoms with van der Waals surface area (Å²) in [6.45, 7) is 0. The van der Waals surface area contributed by atoms with Crippen LogP contribution in [0.1, 0.15) is 0 Å². The molecule has 90 valence electrons. The average Bonchev–Trinajstić information content (AvgIpc) is 2.26. The second-order valence-electron chi connectivity index (χ2n) is 3.47. The monoisotopic (exact) mass is 472 g/mol. The van der Waals surface area contributed by atoms with Crippen LogP contribution in [0.4, 0.5) is 11.4 Å². The van der Waals surface area contributed by atoms with Gasteiger partial charge in [0.05, 0.1) is 0 Å². The minimum atomic E-state index is 0. The molecule has 0 unspecified atom stereocenters. The predicted octanol–water partition coefficient (Wildman–Crippen LogP) is 4.15. The van der Waals surface area contributed by atoms with E-state index in [-0.39, 0.29) is 12.4 Å². The van der Waals surface area contributed by atoms with Crippen molar-refractivity contribution in [2.24, 2.45) is 0 Å².